The summed E-state index contributed by atoms with van der Waals surface area (Å²) in [6, 6.07) is 3.67. The maximum absolute atomic E-state index is 5.21. The molecule has 0 aromatic carbocycles. The van der Waals surface area contributed by atoms with Gasteiger partial charge in [0.05, 0.1) is 6.26 Å². The van der Waals surface area contributed by atoms with Gasteiger partial charge in [0.1, 0.15) is 5.69 Å². The molecule has 2 heterocycles. The average molecular weight is 178 g/mol. The van der Waals surface area contributed by atoms with Crippen molar-refractivity contribution in [2.75, 3.05) is 5.43 Å². The molecule has 0 amide bonds. The van der Waals surface area contributed by atoms with Crippen LogP contribution in [0.2, 0.25) is 0 Å². The molecule has 5 nitrogen and oxygen atoms in total. The first-order valence-electron chi connectivity index (χ1n) is 3.88. The number of hydrazine groups is 1. The fraction of sp³-hybridized carbons (Fsp3) is 0.125. The number of nitrogen functional groups attached to an aromatic ring is 1. The largest absolute Gasteiger partial charge is 0.463 e. The van der Waals surface area contributed by atoms with Crippen molar-refractivity contribution in [3.63, 3.8) is 0 Å². The highest BCUT2D eigenvalue weighted by molar-refractivity contribution is 5.57. The number of H-pyrrole nitrogens is 1. The predicted octanol–water partition coefficient (Wildman–Crippen LogP) is 1.26. The topological polar surface area (TPSA) is 79.9 Å². The van der Waals surface area contributed by atoms with Gasteiger partial charge in [-0.25, -0.2) is 10.8 Å². The van der Waals surface area contributed by atoms with Gasteiger partial charge in [0.15, 0.2) is 5.76 Å². The van der Waals surface area contributed by atoms with Crippen molar-refractivity contribution in [2.45, 2.75) is 6.92 Å². The summed E-state index contributed by atoms with van der Waals surface area (Å²) in [5, 5.41) is 0. The molecule has 0 bridgehead atoms. The Morgan fingerprint density at radius 1 is 1.62 bits per heavy atom. The Bertz CT molecular complexity index is 390. The van der Waals surface area contributed by atoms with E-state index in [1.165, 1.54) is 0 Å². The molecule has 0 saturated carbocycles. The van der Waals surface area contributed by atoms with E-state index in [-0.39, 0.29) is 0 Å². The Morgan fingerprint density at radius 2 is 2.46 bits per heavy atom. The molecule has 0 spiro atoms. The van der Waals surface area contributed by atoms with E-state index in [0.717, 1.165) is 17.1 Å². The smallest absolute Gasteiger partial charge is 0.215 e. The zero-order chi connectivity index (χ0) is 9.26. The molecule has 0 aliphatic carbocycles. The van der Waals surface area contributed by atoms with Gasteiger partial charge in [0.2, 0.25) is 5.95 Å². The van der Waals surface area contributed by atoms with Gasteiger partial charge in [-0.15, -0.1) is 0 Å². The maximum Gasteiger partial charge on any atom is 0.215 e. The zero-order valence-electron chi connectivity index (χ0n) is 7.16. The lowest BCUT2D eigenvalue weighted by Gasteiger charge is -1.89. The van der Waals surface area contributed by atoms with Gasteiger partial charge in [-0.05, 0) is 19.1 Å². The third kappa shape index (κ3) is 1.29. The summed E-state index contributed by atoms with van der Waals surface area (Å²) >= 11 is 0. The number of hydrogen-bond acceptors (Lipinski definition) is 4. The van der Waals surface area contributed by atoms with E-state index in [1.54, 1.807) is 6.26 Å². The van der Waals surface area contributed by atoms with Crippen molar-refractivity contribution >= 4 is 5.95 Å². The highest BCUT2D eigenvalue weighted by Gasteiger charge is 2.09. The lowest BCUT2D eigenvalue weighted by molar-refractivity contribution is 0.580. The molecule has 5 heteroatoms. The van der Waals surface area contributed by atoms with Gasteiger partial charge in [0, 0.05) is 5.69 Å². The summed E-state index contributed by atoms with van der Waals surface area (Å²) in [6.45, 7) is 1.91. The van der Waals surface area contributed by atoms with Crippen LogP contribution < -0.4 is 11.3 Å². The van der Waals surface area contributed by atoms with Gasteiger partial charge >= 0.3 is 0 Å². The van der Waals surface area contributed by atoms with Gasteiger partial charge in [-0.3, -0.25) is 5.43 Å². The Balaban J connectivity index is 2.46. The van der Waals surface area contributed by atoms with Crippen molar-refractivity contribution < 1.29 is 4.42 Å². The number of nitrogens with zero attached hydrogens (tertiary/aromatic N) is 1. The van der Waals surface area contributed by atoms with Crippen molar-refractivity contribution in [3.05, 3.63) is 24.1 Å². The minimum absolute atomic E-state index is 0.531. The summed E-state index contributed by atoms with van der Waals surface area (Å²) in [5.74, 6) is 6.47. The molecule has 4 N–H and O–H groups in total. The molecular formula is C8H10N4O. The average Bonchev–Trinajstić information content (AvgIpc) is 2.72. The number of imidazole rings is 1. The molecule has 2 rings (SSSR count). The van der Waals surface area contributed by atoms with E-state index in [9.17, 15) is 0 Å². The number of nitrogens with one attached hydrogen (secondary N) is 2. The summed E-state index contributed by atoms with van der Waals surface area (Å²) in [6.07, 6.45) is 1.61. The van der Waals surface area contributed by atoms with E-state index in [0.29, 0.717) is 5.95 Å². The first-order chi connectivity index (χ1) is 6.31. The van der Waals surface area contributed by atoms with Crippen molar-refractivity contribution in [1.82, 2.24) is 9.97 Å². The fourth-order valence-electron chi connectivity index (χ4n) is 1.18. The van der Waals surface area contributed by atoms with Crippen LogP contribution in [0.4, 0.5) is 5.95 Å². The van der Waals surface area contributed by atoms with Crippen molar-refractivity contribution in [3.8, 4) is 11.5 Å². The molecule has 2 aromatic rings. The number of hydrogen-bond donors (Lipinski definition) is 3. The number of aromatic amines is 1. The second kappa shape index (κ2) is 2.95. The van der Waals surface area contributed by atoms with Gasteiger partial charge in [0.25, 0.3) is 0 Å². The fourth-order valence-corrected chi connectivity index (χ4v) is 1.18. The van der Waals surface area contributed by atoms with Gasteiger partial charge < -0.3 is 9.40 Å². The molecule has 0 atom stereocenters. The minimum atomic E-state index is 0.531. The molecule has 0 aliphatic heterocycles. The Kier molecular flexibility index (Phi) is 1.79. The van der Waals surface area contributed by atoms with E-state index in [2.05, 4.69) is 15.4 Å². The Labute approximate surface area is 74.9 Å². The molecule has 0 radical (unpaired) electrons. The molecule has 0 aliphatic rings. The summed E-state index contributed by atoms with van der Waals surface area (Å²) in [5.41, 5.74) is 4.14. The number of aryl methyl sites for hydroxylation is 1. The van der Waals surface area contributed by atoms with Crippen LogP contribution in [-0.2, 0) is 0 Å². The molecule has 2 aromatic heterocycles. The van der Waals surface area contributed by atoms with Crippen molar-refractivity contribution in [1.29, 1.82) is 0 Å². The summed E-state index contributed by atoms with van der Waals surface area (Å²) < 4.78 is 5.21. The highest BCUT2D eigenvalue weighted by atomic mass is 16.3. The van der Waals surface area contributed by atoms with Crippen LogP contribution in [0.1, 0.15) is 5.69 Å². The first-order valence-corrected chi connectivity index (χ1v) is 3.88. The van der Waals surface area contributed by atoms with Crippen molar-refractivity contribution in [2.24, 2.45) is 5.84 Å². The number of nitrogens with two attached hydrogens (primary N) is 1. The Hall–Kier alpha value is -1.75. The number of furan rings is 1. The van der Waals surface area contributed by atoms with Crippen LogP contribution in [0.5, 0.6) is 0 Å². The number of aromatic nitrogens is 2. The van der Waals surface area contributed by atoms with Gasteiger partial charge in [-0.1, -0.05) is 0 Å². The van der Waals surface area contributed by atoms with Crippen LogP contribution in [0.3, 0.4) is 0 Å². The maximum atomic E-state index is 5.21. The monoisotopic (exact) mass is 178 g/mol. The normalized spacial score (nSPS) is 10.3. The third-order valence-corrected chi connectivity index (χ3v) is 1.78. The van der Waals surface area contributed by atoms with Crippen LogP contribution in [-0.4, -0.2) is 9.97 Å². The van der Waals surface area contributed by atoms with Crippen LogP contribution in [0.15, 0.2) is 22.8 Å². The molecule has 0 fully saturated rings. The molecule has 13 heavy (non-hydrogen) atoms. The second-order valence-electron chi connectivity index (χ2n) is 2.68. The third-order valence-electron chi connectivity index (χ3n) is 1.78. The molecule has 0 saturated heterocycles. The van der Waals surface area contributed by atoms with E-state index in [4.69, 9.17) is 10.3 Å². The standard InChI is InChI=1S/C8H10N4O/c1-5-7(6-3-2-4-13-6)11-8(10-5)12-9/h2-4H,9H2,1H3,(H2,10,11,12). The lowest BCUT2D eigenvalue weighted by atomic mass is 10.3. The van der Waals surface area contributed by atoms with Crippen LogP contribution >= 0.6 is 0 Å². The highest BCUT2D eigenvalue weighted by Crippen LogP contribution is 2.22. The second-order valence-corrected chi connectivity index (χ2v) is 2.68. The number of rotatable bonds is 2. The van der Waals surface area contributed by atoms with E-state index in [1.807, 2.05) is 19.1 Å². The molecule has 68 valence electrons. The van der Waals surface area contributed by atoms with E-state index < -0.39 is 0 Å². The zero-order valence-corrected chi connectivity index (χ0v) is 7.16. The minimum Gasteiger partial charge on any atom is -0.463 e. The van der Waals surface area contributed by atoms with E-state index >= 15 is 0 Å². The van der Waals surface area contributed by atoms with Gasteiger partial charge in [-0.2, -0.15) is 0 Å². The number of anilines is 1. The Morgan fingerprint density at radius 3 is 3.00 bits per heavy atom. The first kappa shape index (κ1) is 7.88. The van der Waals surface area contributed by atoms with Crippen LogP contribution in [0, 0.1) is 6.92 Å². The predicted molar refractivity (Wildman–Crippen MR) is 48.8 cm³/mol. The summed E-state index contributed by atoms with van der Waals surface area (Å²) in [4.78, 5) is 7.16. The van der Waals surface area contributed by atoms with Crippen LogP contribution in [0.25, 0.3) is 11.5 Å². The lowest BCUT2D eigenvalue weighted by Crippen LogP contribution is -2.07. The molecular weight excluding hydrogens is 168 g/mol. The quantitative estimate of drug-likeness (QED) is 0.477. The molecule has 0 unspecified atom stereocenters. The summed E-state index contributed by atoms with van der Waals surface area (Å²) in [7, 11) is 0. The SMILES string of the molecule is Cc1[nH]c(NN)nc1-c1ccco1.